The molecule has 3 aromatic rings. The van der Waals surface area contributed by atoms with Crippen molar-refractivity contribution >= 4 is 39.1 Å². The highest BCUT2D eigenvalue weighted by atomic mass is 35.5. The topological polar surface area (TPSA) is 86.8 Å². The fourth-order valence-electron chi connectivity index (χ4n) is 3.87. The van der Waals surface area contributed by atoms with Crippen molar-refractivity contribution in [2.45, 2.75) is 37.8 Å². The molecular formula is C27H29ClFN3O4S. The van der Waals surface area contributed by atoms with Crippen LogP contribution in [0.15, 0.2) is 77.7 Å². The highest BCUT2D eigenvalue weighted by Crippen LogP contribution is 2.26. The van der Waals surface area contributed by atoms with Crippen molar-refractivity contribution < 1.29 is 22.4 Å². The second-order valence-electron chi connectivity index (χ2n) is 8.45. The minimum absolute atomic E-state index is 0.00767. The van der Waals surface area contributed by atoms with Crippen LogP contribution in [-0.2, 0) is 26.2 Å². The molecule has 0 spiro atoms. The normalized spacial score (nSPS) is 12.0. The summed E-state index contributed by atoms with van der Waals surface area (Å²) in [5, 5.41) is 2.98. The Kier molecular flexibility index (Phi) is 9.29. The molecule has 0 aliphatic heterocycles. The molecule has 37 heavy (non-hydrogen) atoms. The van der Waals surface area contributed by atoms with E-state index in [4.69, 9.17) is 11.6 Å². The Balaban J connectivity index is 2.06. The summed E-state index contributed by atoms with van der Waals surface area (Å²) < 4.78 is 42.0. The number of hydrogen-bond acceptors (Lipinski definition) is 4. The highest BCUT2D eigenvalue weighted by molar-refractivity contribution is 7.92. The van der Waals surface area contributed by atoms with Crippen molar-refractivity contribution in [3.63, 3.8) is 0 Å². The molecule has 0 aliphatic carbocycles. The van der Waals surface area contributed by atoms with Crippen LogP contribution in [0.3, 0.4) is 0 Å². The fraction of sp³-hybridized carbons (Fsp3) is 0.259. The Labute approximate surface area is 221 Å². The summed E-state index contributed by atoms with van der Waals surface area (Å²) in [5.41, 5.74) is 1.58. The number of rotatable bonds is 10. The Bertz CT molecular complexity index is 1350. The molecule has 0 aliphatic rings. The Hall–Kier alpha value is -3.43. The lowest BCUT2D eigenvalue weighted by molar-refractivity contribution is -0.140. The van der Waals surface area contributed by atoms with E-state index in [0.29, 0.717) is 10.6 Å². The van der Waals surface area contributed by atoms with E-state index in [1.807, 2.05) is 6.92 Å². The monoisotopic (exact) mass is 545 g/mol. The van der Waals surface area contributed by atoms with Crippen LogP contribution in [0.5, 0.6) is 0 Å². The number of halogens is 2. The van der Waals surface area contributed by atoms with Gasteiger partial charge in [0.2, 0.25) is 11.8 Å². The summed E-state index contributed by atoms with van der Waals surface area (Å²) in [6.07, 6.45) is 0.289. The van der Waals surface area contributed by atoms with Gasteiger partial charge in [0.25, 0.3) is 10.0 Å². The molecule has 1 atom stereocenters. The van der Waals surface area contributed by atoms with Crippen molar-refractivity contribution in [1.82, 2.24) is 10.2 Å². The summed E-state index contributed by atoms with van der Waals surface area (Å²) >= 11 is 6.34. The Morgan fingerprint density at radius 1 is 1.00 bits per heavy atom. The van der Waals surface area contributed by atoms with E-state index in [2.05, 4.69) is 5.32 Å². The first-order valence-electron chi connectivity index (χ1n) is 11.7. The minimum Gasteiger partial charge on any atom is -0.357 e. The van der Waals surface area contributed by atoms with Crippen LogP contribution >= 0.6 is 11.6 Å². The number of anilines is 1. The van der Waals surface area contributed by atoms with Gasteiger partial charge in [-0.1, -0.05) is 54.4 Å². The number of nitrogens with zero attached hydrogens (tertiary/aromatic N) is 2. The molecule has 0 saturated carbocycles. The molecule has 0 radical (unpaired) electrons. The zero-order valence-electron chi connectivity index (χ0n) is 20.8. The molecule has 196 valence electrons. The number of carbonyl (C=O) groups is 2. The van der Waals surface area contributed by atoms with Gasteiger partial charge in [0.1, 0.15) is 18.4 Å². The molecule has 0 unspecified atom stereocenters. The molecule has 3 rings (SSSR count). The van der Waals surface area contributed by atoms with E-state index >= 15 is 0 Å². The van der Waals surface area contributed by atoms with E-state index in [9.17, 15) is 22.4 Å². The Morgan fingerprint density at radius 3 is 2.19 bits per heavy atom. The van der Waals surface area contributed by atoms with E-state index in [-0.39, 0.29) is 23.5 Å². The van der Waals surface area contributed by atoms with Crippen molar-refractivity contribution in [3.8, 4) is 0 Å². The molecule has 1 N–H and O–H groups in total. The third kappa shape index (κ3) is 6.67. The van der Waals surface area contributed by atoms with Crippen LogP contribution in [0.4, 0.5) is 10.1 Å². The fourth-order valence-corrected chi connectivity index (χ4v) is 5.48. The minimum atomic E-state index is -4.21. The third-order valence-corrected chi connectivity index (χ3v) is 8.09. The first kappa shape index (κ1) is 28.1. The third-order valence-electron chi connectivity index (χ3n) is 5.93. The lowest BCUT2D eigenvalue weighted by Crippen LogP contribution is -2.51. The van der Waals surface area contributed by atoms with Crippen LogP contribution in [0.2, 0.25) is 5.02 Å². The number of amides is 2. The number of hydrogen-bond donors (Lipinski definition) is 1. The number of carbonyl (C=O) groups excluding carboxylic acids is 2. The van der Waals surface area contributed by atoms with Gasteiger partial charge in [0, 0.05) is 18.6 Å². The van der Waals surface area contributed by atoms with Gasteiger partial charge in [0.15, 0.2) is 0 Å². The summed E-state index contributed by atoms with van der Waals surface area (Å²) in [6.45, 7) is 2.97. The van der Waals surface area contributed by atoms with Crippen LogP contribution in [0.25, 0.3) is 0 Å². The van der Waals surface area contributed by atoms with E-state index in [1.54, 1.807) is 43.3 Å². The molecular weight excluding hydrogens is 517 g/mol. The van der Waals surface area contributed by atoms with Gasteiger partial charge < -0.3 is 10.2 Å². The smallest absolute Gasteiger partial charge is 0.264 e. The van der Waals surface area contributed by atoms with Crippen molar-refractivity contribution in [1.29, 1.82) is 0 Å². The van der Waals surface area contributed by atoms with Gasteiger partial charge in [-0.25, -0.2) is 12.8 Å². The number of sulfonamides is 1. The van der Waals surface area contributed by atoms with Crippen molar-refractivity contribution in [2.24, 2.45) is 0 Å². The van der Waals surface area contributed by atoms with Crippen LogP contribution < -0.4 is 9.62 Å². The maximum absolute atomic E-state index is 13.8. The average Bonchev–Trinajstić information content (AvgIpc) is 2.88. The molecule has 0 saturated heterocycles. The lowest BCUT2D eigenvalue weighted by atomic mass is 10.1. The first-order valence-corrected chi connectivity index (χ1v) is 13.5. The molecule has 0 heterocycles. The second-order valence-corrected chi connectivity index (χ2v) is 10.7. The zero-order valence-corrected chi connectivity index (χ0v) is 22.4. The molecule has 2 amide bonds. The predicted molar refractivity (Wildman–Crippen MR) is 142 cm³/mol. The van der Waals surface area contributed by atoms with E-state index in [0.717, 1.165) is 22.0 Å². The maximum Gasteiger partial charge on any atom is 0.264 e. The standard InChI is InChI=1S/C27H29ClFN3O4S/c1-4-25(27(34)30-3)31(17-20-7-5-6-8-24(20)28)26(33)18-32(22-13-11-21(29)12-14-22)37(35,36)23-15-9-19(2)10-16-23/h5-16,25H,4,17-18H2,1-3H3,(H,30,34)/t25-/m1/s1. The van der Waals surface area contributed by atoms with Crippen LogP contribution in [0.1, 0.15) is 24.5 Å². The highest BCUT2D eigenvalue weighted by Gasteiger charge is 2.33. The van der Waals surface area contributed by atoms with Gasteiger partial charge in [-0.05, 0) is 61.4 Å². The predicted octanol–water partition coefficient (Wildman–Crippen LogP) is 4.54. The summed E-state index contributed by atoms with van der Waals surface area (Å²) in [6, 6.07) is 17.1. The molecule has 0 fully saturated rings. The van der Waals surface area contributed by atoms with Gasteiger partial charge in [-0.15, -0.1) is 0 Å². The average molecular weight is 546 g/mol. The van der Waals surface area contributed by atoms with Crippen molar-refractivity contribution in [2.75, 3.05) is 17.9 Å². The molecule has 7 nitrogen and oxygen atoms in total. The van der Waals surface area contributed by atoms with Gasteiger partial charge in [-0.2, -0.15) is 0 Å². The van der Waals surface area contributed by atoms with Crippen molar-refractivity contribution in [3.05, 3.63) is 94.8 Å². The SMILES string of the molecule is CC[C@H](C(=O)NC)N(Cc1ccccc1Cl)C(=O)CN(c1ccc(F)cc1)S(=O)(=O)c1ccc(C)cc1. The summed E-state index contributed by atoms with van der Waals surface area (Å²) in [4.78, 5) is 27.8. The van der Waals surface area contributed by atoms with Gasteiger partial charge in [0.05, 0.1) is 10.6 Å². The number of likely N-dealkylation sites (N-methyl/N-ethyl adjacent to an activating group) is 1. The lowest BCUT2D eigenvalue weighted by Gasteiger charge is -2.33. The number of benzene rings is 3. The quantitative estimate of drug-likeness (QED) is 0.405. The second kappa shape index (κ2) is 12.2. The van der Waals surface area contributed by atoms with E-state index in [1.165, 1.54) is 36.2 Å². The van der Waals surface area contributed by atoms with Gasteiger partial charge >= 0.3 is 0 Å². The maximum atomic E-state index is 13.8. The Morgan fingerprint density at radius 2 is 1.62 bits per heavy atom. The number of nitrogens with one attached hydrogen (secondary N) is 1. The molecule has 10 heteroatoms. The van der Waals surface area contributed by atoms with Crippen LogP contribution in [0, 0.1) is 12.7 Å². The zero-order chi connectivity index (χ0) is 27.2. The summed E-state index contributed by atoms with van der Waals surface area (Å²) in [5.74, 6) is -1.55. The first-order chi connectivity index (χ1) is 17.6. The number of aryl methyl sites for hydroxylation is 1. The van der Waals surface area contributed by atoms with Crippen LogP contribution in [-0.4, -0.2) is 44.8 Å². The molecule has 0 bridgehead atoms. The largest absolute Gasteiger partial charge is 0.357 e. The van der Waals surface area contributed by atoms with Gasteiger partial charge in [-0.3, -0.25) is 13.9 Å². The molecule has 0 aromatic heterocycles. The molecule has 3 aromatic carbocycles. The van der Waals surface area contributed by atoms with E-state index < -0.39 is 40.2 Å². The summed E-state index contributed by atoms with van der Waals surface area (Å²) in [7, 11) is -2.75.